The van der Waals surface area contributed by atoms with Gasteiger partial charge in [0.15, 0.2) is 5.82 Å². The molecule has 1 fully saturated rings. The maximum absolute atomic E-state index is 5.50. The molecule has 1 aliphatic heterocycles. The summed E-state index contributed by atoms with van der Waals surface area (Å²) in [5, 5.41) is 3.98. The molecule has 1 atom stereocenters. The number of rotatable bonds is 5. The molecule has 0 aliphatic carbocycles. The van der Waals surface area contributed by atoms with Gasteiger partial charge in [-0.15, -0.1) is 12.4 Å². The van der Waals surface area contributed by atoms with E-state index in [2.05, 4.69) is 27.2 Å². The highest BCUT2D eigenvalue weighted by Crippen LogP contribution is 2.37. The molecule has 0 bridgehead atoms. The van der Waals surface area contributed by atoms with Gasteiger partial charge in [-0.3, -0.25) is 4.90 Å². The number of aromatic nitrogens is 2. The van der Waals surface area contributed by atoms with Gasteiger partial charge in [-0.2, -0.15) is 4.98 Å². The molecule has 2 N–H and O–H groups in total. The number of halogens is 1. The van der Waals surface area contributed by atoms with E-state index in [0.717, 1.165) is 25.1 Å². The van der Waals surface area contributed by atoms with Crippen molar-refractivity contribution in [3.8, 4) is 5.75 Å². The number of nitrogens with two attached hydrogens (primary N) is 1. The van der Waals surface area contributed by atoms with E-state index in [-0.39, 0.29) is 19.0 Å². The number of nitrogens with zero attached hydrogens (tertiary/aromatic N) is 3. The van der Waals surface area contributed by atoms with Crippen molar-refractivity contribution in [1.82, 2.24) is 15.0 Å². The molecule has 22 heavy (non-hydrogen) atoms. The Bertz CT molecular complexity index is 605. The van der Waals surface area contributed by atoms with Crippen LogP contribution in [0, 0.1) is 0 Å². The van der Waals surface area contributed by atoms with Crippen molar-refractivity contribution in [2.75, 3.05) is 13.7 Å². The summed E-state index contributed by atoms with van der Waals surface area (Å²) in [5.74, 6) is 2.11. The monoisotopic (exact) mass is 324 g/mol. The Hall–Kier alpha value is -1.63. The molecule has 1 saturated heterocycles. The summed E-state index contributed by atoms with van der Waals surface area (Å²) in [4.78, 5) is 6.65. The number of hydrogen-bond donors (Lipinski definition) is 1. The third-order valence-electron chi connectivity index (χ3n) is 3.89. The summed E-state index contributed by atoms with van der Waals surface area (Å²) in [7, 11) is 1.71. The topological polar surface area (TPSA) is 77.4 Å². The van der Waals surface area contributed by atoms with Crippen molar-refractivity contribution in [1.29, 1.82) is 0 Å². The minimum Gasteiger partial charge on any atom is -0.496 e. The Balaban J connectivity index is 0.00000176. The van der Waals surface area contributed by atoms with Gasteiger partial charge in [0.2, 0.25) is 5.89 Å². The molecule has 1 aromatic carbocycles. The summed E-state index contributed by atoms with van der Waals surface area (Å²) in [6.07, 6.45) is 2.27. The SMILES string of the molecule is COc1ccccc1C1CCCN1Cc1noc(CN)n1.Cl. The number of ether oxygens (including phenoxy) is 1. The van der Waals surface area contributed by atoms with Crippen molar-refractivity contribution in [3.05, 3.63) is 41.5 Å². The maximum Gasteiger partial charge on any atom is 0.240 e. The molecule has 0 amide bonds. The fraction of sp³-hybridized carbons (Fsp3) is 0.467. The molecule has 6 nitrogen and oxygen atoms in total. The first-order chi connectivity index (χ1) is 10.3. The molecule has 1 aromatic heterocycles. The van der Waals surface area contributed by atoms with Crippen LogP contribution >= 0.6 is 12.4 Å². The van der Waals surface area contributed by atoms with Gasteiger partial charge in [0.25, 0.3) is 0 Å². The highest BCUT2D eigenvalue weighted by atomic mass is 35.5. The van der Waals surface area contributed by atoms with E-state index in [0.29, 0.717) is 24.3 Å². The zero-order chi connectivity index (χ0) is 14.7. The van der Waals surface area contributed by atoms with E-state index >= 15 is 0 Å². The van der Waals surface area contributed by atoms with E-state index in [1.54, 1.807) is 7.11 Å². The van der Waals surface area contributed by atoms with Crippen molar-refractivity contribution < 1.29 is 9.26 Å². The van der Waals surface area contributed by atoms with Crippen LogP contribution in [-0.2, 0) is 13.1 Å². The van der Waals surface area contributed by atoms with Crippen LogP contribution in [0.2, 0.25) is 0 Å². The molecule has 1 aliphatic rings. The van der Waals surface area contributed by atoms with Gasteiger partial charge in [0, 0.05) is 11.6 Å². The second-order valence-corrected chi connectivity index (χ2v) is 5.18. The molecule has 1 unspecified atom stereocenters. The smallest absolute Gasteiger partial charge is 0.240 e. The average molecular weight is 325 g/mol. The predicted octanol–water partition coefficient (Wildman–Crippen LogP) is 2.30. The fourth-order valence-corrected chi connectivity index (χ4v) is 2.93. The van der Waals surface area contributed by atoms with Gasteiger partial charge in [0.05, 0.1) is 20.2 Å². The van der Waals surface area contributed by atoms with Crippen molar-refractivity contribution in [3.63, 3.8) is 0 Å². The first-order valence-corrected chi connectivity index (χ1v) is 7.20. The molecule has 120 valence electrons. The fourth-order valence-electron chi connectivity index (χ4n) is 2.93. The van der Waals surface area contributed by atoms with E-state index in [4.69, 9.17) is 15.0 Å². The normalized spacial score (nSPS) is 18.2. The lowest BCUT2D eigenvalue weighted by molar-refractivity contribution is 0.233. The number of likely N-dealkylation sites (tertiary alicyclic amines) is 1. The van der Waals surface area contributed by atoms with Crippen LogP contribution in [-0.4, -0.2) is 28.7 Å². The summed E-state index contributed by atoms with van der Waals surface area (Å²) >= 11 is 0. The summed E-state index contributed by atoms with van der Waals surface area (Å²) in [5.41, 5.74) is 6.72. The predicted molar refractivity (Wildman–Crippen MR) is 84.8 cm³/mol. The number of para-hydroxylation sites is 1. The molecule has 0 spiro atoms. The first-order valence-electron chi connectivity index (χ1n) is 7.20. The van der Waals surface area contributed by atoms with Gasteiger partial charge in [-0.25, -0.2) is 0 Å². The molecule has 0 saturated carbocycles. The average Bonchev–Trinajstić information content (AvgIpc) is 3.17. The van der Waals surface area contributed by atoms with E-state index in [9.17, 15) is 0 Å². The molecule has 7 heteroatoms. The molecular formula is C15H21ClN4O2. The zero-order valence-electron chi connectivity index (χ0n) is 12.6. The largest absolute Gasteiger partial charge is 0.496 e. The minimum atomic E-state index is 0. The van der Waals surface area contributed by atoms with Crippen molar-refractivity contribution in [2.45, 2.75) is 32.0 Å². The molecule has 2 aromatic rings. The van der Waals surface area contributed by atoms with Crippen LogP contribution in [0.1, 0.15) is 36.2 Å². The molecule has 0 radical (unpaired) electrons. The van der Waals surface area contributed by atoms with Gasteiger partial charge in [-0.1, -0.05) is 23.4 Å². The van der Waals surface area contributed by atoms with Gasteiger partial charge >= 0.3 is 0 Å². The van der Waals surface area contributed by atoms with Gasteiger partial charge < -0.3 is 15.0 Å². The Morgan fingerprint density at radius 2 is 2.23 bits per heavy atom. The summed E-state index contributed by atoms with van der Waals surface area (Å²) in [6.45, 7) is 1.98. The highest BCUT2D eigenvalue weighted by molar-refractivity contribution is 5.85. The Morgan fingerprint density at radius 3 is 2.95 bits per heavy atom. The van der Waals surface area contributed by atoms with Gasteiger partial charge in [-0.05, 0) is 25.5 Å². The molecule has 3 rings (SSSR count). The molecule has 2 heterocycles. The third kappa shape index (κ3) is 3.40. The second-order valence-electron chi connectivity index (χ2n) is 5.18. The number of methoxy groups -OCH3 is 1. The van der Waals surface area contributed by atoms with E-state index in [1.165, 1.54) is 5.56 Å². The Labute approximate surface area is 136 Å². The van der Waals surface area contributed by atoms with Gasteiger partial charge in [0.1, 0.15) is 5.75 Å². The summed E-state index contributed by atoms with van der Waals surface area (Å²) < 4.78 is 10.6. The number of benzene rings is 1. The lowest BCUT2D eigenvalue weighted by atomic mass is 10.0. The first kappa shape index (κ1) is 16.7. The molecular weight excluding hydrogens is 304 g/mol. The van der Waals surface area contributed by atoms with E-state index < -0.39 is 0 Å². The quantitative estimate of drug-likeness (QED) is 0.909. The van der Waals surface area contributed by atoms with Crippen LogP contribution < -0.4 is 10.5 Å². The van der Waals surface area contributed by atoms with E-state index in [1.807, 2.05) is 12.1 Å². The second kappa shape index (κ2) is 7.58. The minimum absolute atomic E-state index is 0. The lowest BCUT2D eigenvalue weighted by Crippen LogP contribution is -2.23. The van der Waals surface area contributed by atoms with Crippen LogP contribution in [0.4, 0.5) is 0 Å². The standard InChI is InChI=1S/C15H20N4O2.ClH/c1-20-13-7-3-2-5-11(13)12-6-4-8-19(12)10-14-17-15(9-16)21-18-14;/h2-3,5,7,12H,4,6,8-10,16H2,1H3;1H. The number of hydrogen-bond acceptors (Lipinski definition) is 6. The van der Waals surface area contributed by atoms with Crippen LogP contribution in [0.5, 0.6) is 5.75 Å². The Morgan fingerprint density at radius 1 is 1.41 bits per heavy atom. The third-order valence-corrected chi connectivity index (χ3v) is 3.89. The van der Waals surface area contributed by atoms with Crippen LogP contribution in [0.15, 0.2) is 28.8 Å². The van der Waals surface area contributed by atoms with Crippen molar-refractivity contribution >= 4 is 12.4 Å². The maximum atomic E-state index is 5.50. The summed E-state index contributed by atoms with van der Waals surface area (Å²) in [6, 6.07) is 8.51. The highest BCUT2D eigenvalue weighted by Gasteiger charge is 2.29. The van der Waals surface area contributed by atoms with Crippen LogP contribution in [0.25, 0.3) is 0 Å². The van der Waals surface area contributed by atoms with Crippen LogP contribution in [0.3, 0.4) is 0 Å². The zero-order valence-corrected chi connectivity index (χ0v) is 13.4. The lowest BCUT2D eigenvalue weighted by Gasteiger charge is -2.24. The van der Waals surface area contributed by atoms with Crippen molar-refractivity contribution in [2.24, 2.45) is 5.73 Å². The Kier molecular flexibility index (Phi) is 5.76.